The summed E-state index contributed by atoms with van der Waals surface area (Å²) in [5.41, 5.74) is 0.432. The predicted octanol–water partition coefficient (Wildman–Crippen LogP) is 0.983. The molecule has 2 N–H and O–H groups in total. The van der Waals surface area contributed by atoms with E-state index < -0.39 is 42.4 Å². The first kappa shape index (κ1) is 19.5. The zero-order valence-corrected chi connectivity index (χ0v) is 15.4. The topological polar surface area (TPSA) is 122 Å². The van der Waals surface area contributed by atoms with Crippen LogP contribution in [-0.2, 0) is 14.3 Å². The predicted molar refractivity (Wildman–Crippen MR) is 96.3 cm³/mol. The van der Waals surface area contributed by atoms with Gasteiger partial charge in [0, 0.05) is 6.04 Å². The molecule has 0 bridgehead atoms. The maximum atomic E-state index is 12.4. The van der Waals surface area contributed by atoms with Gasteiger partial charge in [-0.15, -0.1) is 0 Å². The van der Waals surface area contributed by atoms with E-state index >= 15 is 0 Å². The van der Waals surface area contributed by atoms with E-state index in [0.29, 0.717) is 0 Å². The van der Waals surface area contributed by atoms with Gasteiger partial charge in [-0.1, -0.05) is 25.0 Å². The van der Waals surface area contributed by atoms with Gasteiger partial charge in [0.2, 0.25) is 0 Å². The van der Waals surface area contributed by atoms with Gasteiger partial charge in [0.1, 0.15) is 6.04 Å². The highest BCUT2D eigenvalue weighted by Gasteiger charge is 2.41. The molecule has 1 atom stereocenters. The van der Waals surface area contributed by atoms with Crippen LogP contribution in [0.1, 0.15) is 53.3 Å². The fourth-order valence-electron chi connectivity index (χ4n) is 3.38. The lowest BCUT2D eigenvalue weighted by Gasteiger charge is -2.20. The molecule has 0 radical (unpaired) electrons. The zero-order chi connectivity index (χ0) is 20.3. The molecule has 1 aliphatic heterocycles. The number of hydrogen-bond donors (Lipinski definition) is 2. The van der Waals surface area contributed by atoms with Crippen molar-refractivity contribution < 1.29 is 28.7 Å². The Labute approximate surface area is 161 Å². The number of carbonyl (C=O) groups excluding carboxylic acids is 5. The van der Waals surface area contributed by atoms with E-state index in [2.05, 4.69) is 10.6 Å². The van der Waals surface area contributed by atoms with E-state index in [1.54, 1.807) is 12.1 Å². The second-order valence-corrected chi connectivity index (χ2v) is 6.81. The van der Waals surface area contributed by atoms with Crippen molar-refractivity contribution in [2.75, 3.05) is 6.61 Å². The Bertz CT molecular complexity index is 796. The highest BCUT2D eigenvalue weighted by molar-refractivity contribution is 6.22. The van der Waals surface area contributed by atoms with Crippen LogP contribution < -0.4 is 10.6 Å². The summed E-state index contributed by atoms with van der Waals surface area (Å²) in [6.07, 6.45) is 3.81. The number of hydrogen-bond acceptors (Lipinski definition) is 6. The number of fused-ring (bicyclic) bond motifs is 1. The van der Waals surface area contributed by atoms with Gasteiger partial charge in [-0.3, -0.25) is 24.6 Å². The van der Waals surface area contributed by atoms with Gasteiger partial charge in [-0.25, -0.2) is 9.59 Å². The summed E-state index contributed by atoms with van der Waals surface area (Å²) in [6.45, 7) is 0.652. The first-order valence-electron chi connectivity index (χ1n) is 9.12. The third-order valence-electron chi connectivity index (χ3n) is 4.84. The SMILES string of the molecule is C[C@H](C(=O)OCC(=O)NC(=O)NC1CCCC1)N1C(=O)c2ccccc2C1=O. The van der Waals surface area contributed by atoms with Crippen molar-refractivity contribution in [3.05, 3.63) is 35.4 Å². The second-order valence-electron chi connectivity index (χ2n) is 6.81. The summed E-state index contributed by atoms with van der Waals surface area (Å²) in [5.74, 6) is -2.89. The van der Waals surface area contributed by atoms with Gasteiger partial charge in [-0.05, 0) is 31.9 Å². The molecule has 1 aliphatic carbocycles. The molecule has 3 rings (SSSR count). The van der Waals surface area contributed by atoms with Gasteiger partial charge in [0.15, 0.2) is 6.61 Å². The van der Waals surface area contributed by atoms with Crippen molar-refractivity contribution >= 4 is 29.7 Å². The summed E-state index contributed by atoms with van der Waals surface area (Å²) in [5, 5.41) is 4.77. The molecule has 9 heteroatoms. The Morgan fingerprint density at radius 3 is 2.25 bits per heavy atom. The molecule has 2 aliphatic rings. The van der Waals surface area contributed by atoms with Crippen LogP contribution in [0.15, 0.2) is 24.3 Å². The molecule has 0 aromatic heterocycles. The number of imide groups is 2. The molecular weight excluding hydrogens is 366 g/mol. The normalized spacial score (nSPS) is 17.2. The molecule has 28 heavy (non-hydrogen) atoms. The van der Waals surface area contributed by atoms with E-state index in [1.807, 2.05) is 0 Å². The summed E-state index contributed by atoms with van der Waals surface area (Å²) in [6, 6.07) is 4.46. The molecule has 148 valence electrons. The molecule has 1 aromatic rings. The highest BCUT2D eigenvalue weighted by atomic mass is 16.5. The Morgan fingerprint density at radius 2 is 1.68 bits per heavy atom. The van der Waals surface area contributed by atoms with Gasteiger partial charge in [-0.2, -0.15) is 0 Å². The molecule has 1 saturated carbocycles. The molecular formula is C19H21N3O6. The quantitative estimate of drug-likeness (QED) is 0.574. The molecule has 0 saturated heterocycles. The number of urea groups is 1. The number of nitrogens with one attached hydrogen (secondary N) is 2. The Morgan fingerprint density at radius 1 is 1.11 bits per heavy atom. The Balaban J connectivity index is 1.49. The average molecular weight is 387 g/mol. The monoisotopic (exact) mass is 387 g/mol. The lowest BCUT2D eigenvalue weighted by Crippen LogP contribution is -2.46. The van der Waals surface area contributed by atoms with Crippen LogP contribution >= 0.6 is 0 Å². The van der Waals surface area contributed by atoms with Crippen molar-refractivity contribution in [1.82, 2.24) is 15.5 Å². The number of nitrogens with zero attached hydrogens (tertiary/aromatic N) is 1. The van der Waals surface area contributed by atoms with Crippen LogP contribution in [0.3, 0.4) is 0 Å². The third kappa shape index (κ3) is 4.03. The minimum Gasteiger partial charge on any atom is -0.454 e. The van der Waals surface area contributed by atoms with Crippen molar-refractivity contribution in [1.29, 1.82) is 0 Å². The summed E-state index contributed by atoms with van der Waals surface area (Å²) >= 11 is 0. The fraction of sp³-hybridized carbons (Fsp3) is 0.421. The smallest absolute Gasteiger partial charge is 0.329 e. The van der Waals surface area contributed by atoms with E-state index in [4.69, 9.17) is 4.74 Å². The van der Waals surface area contributed by atoms with Crippen LogP contribution in [0.25, 0.3) is 0 Å². The molecule has 5 amide bonds. The van der Waals surface area contributed by atoms with E-state index in [9.17, 15) is 24.0 Å². The minimum atomic E-state index is -1.20. The van der Waals surface area contributed by atoms with Crippen molar-refractivity contribution in [2.45, 2.75) is 44.7 Å². The lowest BCUT2D eigenvalue weighted by atomic mass is 10.1. The van der Waals surface area contributed by atoms with Gasteiger partial charge >= 0.3 is 12.0 Å². The Kier molecular flexibility index (Phi) is 5.72. The van der Waals surface area contributed by atoms with Crippen LogP contribution in [0.4, 0.5) is 4.79 Å². The summed E-state index contributed by atoms with van der Waals surface area (Å²) in [4.78, 5) is 61.2. The number of rotatable bonds is 5. The fourth-order valence-corrected chi connectivity index (χ4v) is 3.38. The van der Waals surface area contributed by atoms with Crippen LogP contribution in [0.5, 0.6) is 0 Å². The number of esters is 1. The molecule has 0 unspecified atom stereocenters. The number of benzene rings is 1. The Hall–Kier alpha value is -3.23. The van der Waals surface area contributed by atoms with Crippen molar-refractivity contribution in [2.24, 2.45) is 0 Å². The van der Waals surface area contributed by atoms with Crippen LogP contribution in [0, 0.1) is 0 Å². The first-order chi connectivity index (χ1) is 13.4. The molecule has 1 aromatic carbocycles. The maximum absolute atomic E-state index is 12.4. The summed E-state index contributed by atoms with van der Waals surface area (Å²) in [7, 11) is 0. The van der Waals surface area contributed by atoms with Gasteiger partial charge < -0.3 is 10.1 Å². The second kappa shape index (κ2) is 8.20. The summed E-state index contributed by atoms with van der Waals surface area (Å²) < 4.78 is 4.87. The van der Waals surface area contributed by atoms with Gasteiger partial charge in [0.05, 0.1) is 11.1 Å². The van der Waals surface area contributed by atoms with Crippen molar-refractivity contribution in [3.8, 4) is 0 Å². The van der Waals surface area contributed by atoms with Crippen molar-refractivity contribution in [3.63, 3.8) is 0 Å². The highest BCUT2D eigenvalue weighted by Crippen LogP contribution is 2.24. The first-order valence-corrected chi connectivity index (χ1v) is 9.12. The molecule has 9 nitrogen and oxygen atoms in total. The number of amides is 5. The number of carbonyl (C=O) groups is 5. The minimum absolute atomic E-state index is 0.0456. The standard InChI is InChI=1S/C19H21N3O6/c1-11(22-16(24)13-8-4-5-9-14(13)17(22)25)18(26)28-10-15(23)21-19(27)20-12-6-2-3-7-12/h4-5,8-9,11-12H,2-3,6-7,10H2,1H3,(H2,20,21,23,27)/t11-/m1/s1. The maximum Gasteiger partial charge on any atom is 0.329 e. The van der Waals surface area contributed by atoms with Gasteiger partial charge in [0.25, 0.3) is 17.7 Å². The molecule has 0 spiro atoms. The lowest BCUT2D eigenvalue weighted by molar-refractivity contribution is -0.151. The van der Waals surface area contributed by atoms with E-state index in [0.717, 1.165) is 30.6 Å². The average Bonchev–Trinajstić information content (AvgIpc) is 3.26. The third-order valence-corrected chi connectivity index (χ3v) is 4.84. The van der Waals surface area contributed by atoms with E-state index in [1.165, 1.54) is 19.1 Å². The largest absolute Gasteiger partial charge is 0.454 e. The van der Waals surface area contributed by atoms with Crippen LogP contribution in [-0.4, -0.2) is 53.3 Å². The van der Waals surface area contributed by atoms with E-state index in [-0.39, 0.29) is 17.2 Å². The number of ether oxygens (including phenoxy) is 1. The molecule has 1 fully saturated rings. The van der Waals surface area contributed by atoms with Crippen LogP contribution in [0.2, 0.25) is 0 Å². The zero-order valence-electron chi connectivity index (χ0n) is 15.4. The molecule has 1 heterocycles.